The number of nitrogens with zero attached hydrogens (tertiary/aromatic N) is 5. The van der Waals surface area contributed by atoms with Crippen molar-refractivity contribution in [1.82, 2.24) is 53.7 Å². The summed E-state index contributed by atoms with van der Waals surface area (Å²) in [5, 5.41) is 53.6. The topological polar surface area (TPSA) is 366 Å². The zero-order valence-electron chi connectivity index (χ0n) is 60.8. The highest BCUT2D eigenvalue weighted by molar-refractivity contribution is 7.80. The average Bonchev–Trinajstić information content (AvgIpc) is 1.83. The number of carboxylic acid groups (broad SMARTS) is 2. The van der Waals surface area contributed by atoms with Crippen LogP contribution >= 0.6 is 60.5 Å². The maximum atomic E-state index is 11.4. The van der Waals surface area contributed by atoms with Gasteiger partial charge in [-0.3, -0.25) is 21.7 Å². The van der Waals surface area contributed by atoms with E-state index in [0.717, 1.165) is 46.9 Å². The molecule has 568 valence electrons. The SMILES string of the molecule is CCNC(=O)N/N=C/c1ccc(-c2ccc(C(=O)OC)cc2)o1.CCNC(=S)N/N=C/c1ccc(-c2ccc(C(C)(C)C)cc2)o1.CCNC(=S)N/N=C/c1ccc(-c2ccc(Cl)c(C(=O)O)c2)o1.CCNC(=S)N/N=C/c1ccc(-c2ccccc2)o1.CNC(=S)N/N=C/c1ccc(-c2ccc(C(=O)O)cc2)o1. The Morgan fingerprint density at radius 2 is 0.752 bits per heavy atom. The Kier molecular flexibility index (Phi) is 35.4. The van der Waals surface area contributed by atoms with E-state index >= 15 is 0 Å². The number of benzene rings is 5. The summed E-state index contributed by atoms with van der Waals surface area (Å²) in [5.74, 6) is 3.86. The number of esters is 1. The molecule has 109 heavy (non-hydrogen) atoms. The van der Waals surface area contributed by atoms with E-state index < -0.39 is 11.9 Å². The van der Waals surface area contributed by atoms with Gasteiger partial charge in [-0.05, 0) is 191 Å². The van der Waals surface area contributed by atoms with Gasteiger partial charge in [0.2, 0.25) is 0 Å². The fourth-order valence-electron chi connectivity index (χ4n) is 8.76. The van der Waals surface area contributed by atoms with E-state index in [1.54, 1.807) is 98.3 Å². The van der Waals surface area contributed by atoms with Gasteiger partial charge in [-0.15, -0.1) is 0 Å². The van der Waals surface area contributed by atoms with E-state index in [9.17, 15) is 19.2 Å². The van der Waals surface area contributed by atoms with Crippen LogP contribution in [-0.2, 0) is 10.2 Å². The van der Waals surface area contributed by atoms with Gasteiger partial charge in [0.05, 0.1) is 59.9 Å². The highest BCUT2D eigenvalue weighted by Gasteiger charge is 2.16. The van der Waals surface area contributed by atoms with Gasteiger partial charge in [0, 0.05) is 61.0 Å². The molecule has 10 rings (SSSR count). The molecule has 0 radical (unpaired) electrons. The zero-order chi connectivity index (χ0) is 79.1. The number of carbonyl (C=O) groups excluding carboxylic acids is 2. The fraction of sp³-hybridized carbons (Fsp3) is 0.182. The molecule has 0 fully saturated rings. The molecule has 0 atom stereocenters. The van der Waals surface area contributed by atoms with Crippen molar-refractivity contribution in [3.8, 4) is 56.6 Å². The van der Waals surface area contributed by atoms with Gasteiger partial charge < -0.3 is 63.6 Å². The predicted octanol–water partition coefficient (Wildman–Crippen LogP) is 14.4. The first-order valence-electron chi connectivity index (χ1n) is 33.4. The third-order valence-corrected chi connectivity index (χ3v) is 15.4. The minimum atomic E-state index is -1.09. The van der Waals surface area contributed by atoms with Crippen LogP contribution in [-0.4, -0.2) is 126 Å². The van der Waals surface area contributed by atoms with Crippen molar-refractivity contribution in [2.24, 2.45) is 25.5 Å². The predicted molar refractivity (Wildman–Crippen MR) is 443 cm³/mol. The van der Waals surface area contributed by atoms with Crippen molar-refractivity contribution >= 4 is 136 Å². The van der Waals surface area contributed by atoms with Crippen LogP contribution in [0.15, 0.2) is 230 Å². The van der Waals surface area contributed by atoms with E-state index in [4.69, 9.17) is 92.8 Å². The molecule has 0 saturated heterocycles. The van der Waals surface area contributed by atoms with Gasteiger partial charge in [-0.2, -0.15) is 25.5 Å². The Hall–Kier alpha value is -12.4. The third kappa shape index (κ3) is 29.8. The lowest BCUT2D eigenvalue weighted by atomic mass is 9.86. The molecule has 0 saturated carbocycles. The third-order valence-electron chi connectivity index (χ3n) is 14.1. The minimum Gasteiger partial charge on any atom is -0.478 e. The van der Waals surface area contributed by atoms with Gasteiger partial charge in [0.25, 0.3) is 0 Å². The van der Waals surface area contributed by atoms with E-state index in [0.29, 0.717) is 90.7 Å². The van der Waals surface area contributed by atoms with Crippen molar-refractivity contribution in [2.45, 2.75) is 53.9 Å². The molecule has 5 aromatic carbocycles. The van der Waals surface area contributed by atoms with Crippen molar-refractivity contribution in [2.75, 3.05) is 40.3 Å². The number of halogens is 1. The molecule has 0 aliphatic rings. The molecule has 2 amide bonds. The first kappa shape index (κ1) is 85.5. The maximum Gasteiger partial charge on any atom is 0.337 e. The molecular formula is C77H82ClN15O12S4. The summed E-state index contributed by atoms with van der Waals surface area (Å²) in [6, 6.07) is 54.0. The molecule has 10 aromatic rings. The van der Waals surface area contributed by atoms with Crippen LogP contribution in [0.4, 0.5) is 4.79 Å². The fourth-order valence-corrected chi connectivity index (χ4v) is 9.60. The highest BCUT2D eigenvalue weighted by Crippen LogP contribution is 2.30. The van der Waals surface area contributed by atoms with E-state index in [2.05, 4.69) is 129 Å². The summed E-state index contributed by atoms with van der Waals surface area (Å²) < 4.78 is 32.9. The number of carbonyl (C=O) groups is 4. The molecule has 0 unspecified atom stereocenters. The average molecular weight is 1570 g/mol. The number of amides is 2. The number of ether oxygens (including phenoxy) is 1. The maximum absolute atomic E-state index is 11.4. The Morgan fingerprint density at radius 3 is 1.09 bits per heavy atom. The van der Waals surface area contributed by atoms with Crippen molar-refractivity contribution in [3.05, 3.63) is 238 Å². The van der Waals surface area contributed by atoms with Gasteiger partial charge in [-0.25, -0.2) is 24.6 Å². The lowest BCUT2D eigenvalue weighted by Gasteiger charge is -2.18. The van der Waals surface area contributed by atoms with Crippen LogP contribution < -0.4 is 53.7 Å². The summed E-state index contributed by atoms with van der Waals surface area (Å²) in [6.45, 7) is 17.0. The highest BCUT2D eigenvalue weighted by atomic mass is 35.5. The van der Waals surface area contributed by atoms with E-state index in [-0.39, 0.29) is 33.6 Å². The van der Waals surface area contributed by atoms with Crippen LogP contribution in [0.3, 0.4) is 0 Å². The molecule has 0 aliphatic heterocycles. The number of carboxylic acids is 2. The molecule has 32 heteroatoms. The summed E-state index contributed by atoms with van der Waals surface area (Å²) in [5.41, 5.74) is 19.5. The summed E-state index contributed by atoms with van der Waals surface area (Å²) in [7, 11) is 3.03. The molecule has 27 nitrogen and oxygen atoms in total. The lowest BCUT2D eigenvalue weighted by molar-refractivity contribution is 0.0599. The summed E-state index contributed by atoms with van der Waals surface area (Å²) in [6.07, 6.45) is 7.58. The number of hydrogen-bond acceptors (Lipinski definition) is 19. The molecule has 0 spiro atoms. The lowest BCUT2D eigenvalue weighted by Crippen LogP contribution is -2.31. The zero-order valence-corrected chi connectivity index (χ0v) is 64.8. The van der Waals surface area contributed by atoms with Gasteiger partial charge in [0.1, 0.15) is 57.6 Å². The number of aromatic carboxylic acids is 2. The Labute approximate surface area is 656 Å². The molecule has 0 bridgehead atoms. The number of methoxy groups -OCH3 is 1. The number of thiocarbonyl (C=S) groups is 4. The second-order valence-electron chi connectivity index (χ2n) is 23.0. The van der Waals surface area contributed by atoms with Gasteiger partial charge in [-0.1, -0.05) is 111 Å². The number of hydrogen-bond donors (Lipinski definition) is 12. The Morgan fingerprint density at radius 1 is 0.422 bits per heavy atom. The van der Waals surface area contributed by atoms with E-state index in [1.807, 2.05) is 82.3 Å². The van der Waals surface area contributed by atoms with Gasteiger partial charge >= 0.3 is 23.9 Å². The number of rotatable bonds is 22. The smallest absolute Gasteiger partial charge is 0.337 e. The summed E-state index contributed by atoms with van der Waals surface area (Å²) in [4.78, 5) is 44.4. The van der Waals surface area contributed by atoms with Gasteiger partial charge in [0.15, 0.2) is 20.4 Å². The second kappa shape index (κ2) is 45.2. The second-order valence-corrected chi connectivity index (χ2v) is 25.1. The molecular weight excluding hydrogens is 1490 g/mol. The van der Waals surface area contributed by atoms with Crippen molar-refractivity contribution in [1.29, 1.82) is 0 Å². The summed E-state index contributed by atoms with van der Waals surface area (Å²) >= 11 is 25.7. The molecule has 5 aromatic heterocycles. The minimum absolute atomic E-state index is 0.0217. The van der Waals surface area contributed by atoms with Crippen LogP contribution in [0.1, 0.15) is 114 Å². The number of nitrogens with one attached hydrogen (secondary N) is 10. The van der Waals surface area contributed by atoms with Crippen molar-refractivity contribution < 1.29 is 56.2 Å². The Balaban J connectivity index is 0.000000213. The molecule has 0 aliphatic carbocycles. The molecule has 5 heterocycles. The molecule has 12 N–H and O–H groups in total. The van der Waals surface area contributed by atoms with Crippen LogP contribution in [0.5, 0.6) is 0 Å². The monoisotopic (exact) mass is 1570 g/mol. The number of hydrazone groups is 5. The number of furan rings is 5. The quantitative estimate of drug-likeness (QED) is 0.0130. The van der Waals surface area contributed by atoms with Crippen molar-refractivity contribution in [3.63, 3.8) is 0 Å². The van der Waals surface area contributed by atoms with Crippen LogP contribution in [0.2, 0.25) is 5.02 Å². The largest absolute Gasteiger partial charge is 0.478 e. The van der Waals surface area contributed by atoms with Crippen LogP contribution in [0.25, 0.3) is 56.6 Å². The first-order chi connectivity index (χ1) is 52.4. The van der Waals surface area contributed by atoms with E-state index in [1.165, 1.54) is 55.6 Å². The number of urea groups is 1. The Bertz CT molecular complexity index is 4770. The van der Waals surface area contributed by atoms with Crippen LogP contribution in [0, 0.1) is 0 Å². The first-order valence-corrected chi connectivity index (χ1v) is 35.4. The normalized spacial score (nSPS) is 10.8. The standard InChI is InChI=1S/C18H23N3OS.C16H17N3O4.C15H14ClN3O3S.C14H13N3O3S.C14H15N3OS/c1-5-19-17(23)21-20-12-15-10-11-16(22-15)13-6-8-14(9-7-13)18(2,3)4;1-3-17-16(21)19-18-10-13-8-9-14(23-13)11-4-6-12(7-5-11)15(20)22-2;1-2-17-15(23)19-18-8-10-4-6-13(22-10)9-3-5-12(16)11(7-9)14(20)21;1-15-14(21)17-16-8-11-6-7-12(20-11)9-2-4-10(5-3-9)13(18)19;1-2-15-14(19)17-16-10-12-8-9-13(18-12)11-6-4-3-5-7-11/h6-12H,5H2,1-4H3,(H2,19,21,23);4-10H,3H2,1-2H3,(H2,17,19,21);3-8H,2H2,1H3,(H,20,21)(H2,17,19,23);2-8H,1H3,(H,18,19)(H2,15,17,21);3-10H,2H2,1H3,(H2,15,17,19)/b20-12+;18-10+;18-8+;16-8+;16-10+.